The number of para-hydroxylation sites is 1. The molecule has 3 nitrogen and oxygen atoms in total. The van der Waals surface area contributed by atoms with Gasteiger partial charge in [0.15, 0.2) is 0 Å². The number of aliphatic hydroxyl groups is 1. The van der Waals surface area contributed by atoms with Crippen LogP contribution in [0.3, 0.4) is 0 Å². The third-order valence-electron chi connectivity index (χ3n) is 3.91. The van der Waals surface area contributed by atoms with Gasteiger partial charge in [0.2, 0.25) is 0 Å². The van der Waals surface area contributed by atoms with Crippen molar-refractivity contribution in [2.24, 2.45) is 5.73 Å². The van der Waals surface area contributed by atoms with E-state index in [-0.39, 0.29) is 11.6 Å². The first kappa shape index (κ1) is 10.8. The Hall–Kier alpha value is -1.32. The van der Waals surface area contributed by atoms with Crippen molar-refractivity contribution in [1.29, 1.82) is 0 Å². The van der Waals surface area contributed by atoms with Crippen LogP contribution in [0.15, 0.2) is 30.3 Å². The fraction of sp³-hybridized carbons (Fsp3) is 0.429. The lowest BCUT2D eigenvalue weighted by Gasteiger charge is -2.34. The van der Waals surface area contributed by atoms with Crippen LogP contribution in [0.4, 0.5) is 0 Å². The quantitative estimate of drug-likeness (QED) is 0.703. The van der Waals surface area contributed by atoms with Gasteiger partial charge in [-0.25, -0.2) is 0 Å². The van der Waals surface area contributed by atoms with Crippen LogP contribution in [0, 0.1) is 0 Å². The number of nitrogens with one attached hydrogen (secondary N) is 1. The molecule has 0 saturated heterocycles. The Morgan fingerprint density at radius 1 is 1.24 bits per heavy atom. The molecule has 90 valence electrons. The Labute approximate surface area is 101 Å². The van der Waals surface area contributed by atoms with Crippen LogP contribution in [-0.4, -0.2) is 16.2 Å². The highest BCUT2D eigenvalue weighted by molar-refractivity contribution is 5.80. The van der Waals surface area contributed by atoms with Gasteiger partial charge in [0, 0.05) is 11.2 Å². The first-order valence-corrected chi connectivity index (χ1v) is 6.23. The lowest BCUT2D eigenvalue weighted by molar-refractivity contribution is 0.0959. The van der Waals surface area contributed by atoms with Gasteiger partial charge in [0.05, 0.1) is 11.6 Å². The number of nitrogens with two attached hydrogens (primary N) is 1. The van der Waals surface area contributed by atoms with E-state index >= 15 is 0 Å². The van der Waals surface area contributed by atoms with Crippen LogP contribution in [-0.2, 0) is 5.54 Å². The molecule has 1 fully saturated rings. The number of rotatable bonds is 1. The Kier molecular flexibility index (Phi) is 2.45. The van der Waals surface area contributed by atoms with Gasteiger partial charge in [0.25, 0.3) is 0 Å². The molecule has 1 aromatic heterocycles. The van der Waals surface area contributed by atoms with Gasteiger partial charge in [-0.2, -0.15) is 0 Å². The zero-order chi connectivity index (χ0) is 11.9. The molecule has 0 unspecified atom stereocenters. The molecule has 0 aliphatic heterocycles. The topological polar surface area (TPSA) is 62.0 Å². The van der Waals surface area contributed by atoms with Gasteiger partial charge in [-0.05, 0) is 43.2 Å². The lowest BCUT2D eigenvalue weighted by atomic mass is 9.79. The predicted molar refractivity (Wildman–Crippen MR) is 68.6 cm³/mol. The van der Waals surface area contributed by atoms with Crippen LogP contribution in [0.1, 0.15) is 31.4 Å². The van der Waals surface area contributed by atoms with Crippen LogP contribution < -0.4 is 5.73 Å². The highest BCUT2D eigenvalue weighted by atomic mass is 16.3. The zero-order valence-electron chi connectivity index (χ0n) is 9.82. The minimum absolute atomic E-state index is 0.170. The summed E-state index contributed by atoms with van der Waals surface area (Å²) in [6.45, 7) is 0. The van der Waals surface area contributed by atoms with Crippen LogP contribution >= 0.6 is 0 Å². The number of hydrogen-bond acceptors (Lipinski definition) is 2. The van der Waals surface area contributed by atoms with Gasteiger partial charge >= 0.3 is 0 Å². The molecular weight excluding hydrogens is 212 g/mol. The fourth-order valence-electron chi connectivity index (χ4n) is 2.73. The molecular formula is C14H18N2O. The van der Waals surface area contributed by atoms with E-state index in [1.165, 1.54) is 5.39 Å². The third-order valence-corrected chi connectivity index (χ3v) is 3.91. The standard InChI is InChI=1S/C14H18N2O/c15-14(7-5-11(17)6-8-14)13-9-10-3-1-2-4-12(10)16-13/h1-4,9,11,16-17H,5-8,15H2. The maximum absolute atomic E-state index is 9.56. The summed E-state index contributed by atoms with van der Waals surface area (Å²) in [7, 11) is 0. The van der Waals surface area contributed by atoms with Crippen molar-refractivity contribution in [1.82, 2.24) is 4.98 Å². The minimum Gasteiger partial charge on any atom is -0.393 e. The van der Waals surface area contributed by atoms with Crippen molar-refractivity contribution in [3.63, 3.8) is 0 Å². The molecule has 2 aromatic rings. The van der Waals surface area contributed by atoms with E-state index in [0.717, 1.165) is 36.9 Å². The molecule has 0 spiro atoms. The van der Waals surface area contributed by atoms with Crippen molar-refractivity contribution in [2.75, 3.05) is 0 Å². The zero-order valence-corrected chi connectivity index (χ0v) is 9.82. The van der Waals surface area contributed by atoms with Gasteiger partial charge in [0.1, 0.15) is 0 Å². The lowest BCUT2D eigenvalue weighted by Crippen LogP contribution is -2.41. The van der Waals surface area contributed by atoms with Crippen LogP contribution in [0.25, 0.3) is 10.9 Å². The number of aromatic nitrogens is 1. The fourth-order valence-corrected chi connectivity index (χ4v) is 2.73. The van der Waals surface area contributed by atoms with Gasteiger partial charge in [-0.3, -0.25) is 0 Å². The molecule has 0 amide bonds. The second kappa shape index (κ2) is 3.86. The van der Waals surface area contributed by atoms with E-state index in [2.05, 4.69) is 23.2 Å². The molecule has 0 bridgehead atoms. The average molecular weight is 230 g/mol. The van der Waals surface area contributed by atoms with Gasteiger partial charge in [-0.1, -0.05) is 18.2 Å². The number of benzene rings is 1. The maximum Gasteiger partial charge on any atom is 0.0563 e. The summed E-state index contributed by atoms with van der Waals surface area (Å²) in [6, 6.07) is 10.4. The molecule has 1 aliphatic rings. The molecule has 4 N–H and O–H groups in total. The Morgan fingerprint density at radius 3 is 2.65 bits per heavy atom. The second-order valence-corrected chi connectivity index (χ2v) is 5.16. The number of hydrogen-bond donors (Lipinski definition) is 3. The Morgan fingerprint density at radius 2 is 1.94 bits per heavy atom. The van der Waals surface area contributed by atoms with Gasteiger partial charge in [-0.15, -0.1) is 0 Å². The maximum atomic E-state index is 9.56. The van der Waals surface area contributed by atoms with Crippen molar-refractivity contribution in [2.45, 2.75) is 37.3 Å². The van der Waals surface area contributed by atoms with E-state index < -0.39 is 0 Å². The molecule has 1 saturated carbocycles. The summed E-state index contributed by atoms with van der Waals surface area (Å²) in [4.78, 5) is 3.41. The summed E-state index contributed by atoms with van der Waals surface area (Å²) in [6.07, 6.45) is 3.12. The molecule has 1 aromatic carbocycles. The largest absolute Gasteiger partial charge is 0.393 e. The molecule has 0 radical (unpaired) electrons. The molecule has 1 heterocycles. The smallest absolute Gasteiger partial charge is 0.0563 e. The molecule has 3 heteroatoms. The second-order valence-electron chi connectivity index (χ2n) is 5.16. The summed E-state index contributed by atoms with van der Waals surface area (Å²) in [5.41, 5.74) is 8.41. The minimum atomic E-state index is -0.293. The number of aromatic amines is 1. The highest BCUT2D eigenvalue weighted by Crippen LogP contribution is 2.35. The van der Waals surface area contributed by atoms with Crippen LogP contribution in [0.5, 0.6) is 0 Å². The summed E-state index contributed by atoms with van der Waals surface area (Å²) >= 11 is 0. The van der Waals surface area contributed by atoms with E-state index in [1.807, 2.05) is 12.1 Å². The normalized spacial score (nSPS) is 29.6. The number of fused-ring (bicyclic) bond motifs is 1. The van der Waals surface area contributed by atoms with Crippen molar-refractivity contribution in [3.05, 3.63) is 36.0 Å². The Bertz CT molecular complexity index is 491. The van der Waals surface area contributed by atoms with E-state index in [0.29, 0.717) is 0 Å². The Balaban J connectivity index is 1.97. The molecule has 0 atom stereocenters. The summed E-state index contributed by atoms with van der Waals surface area (Å²) < 4.78 is 0. The highest BCUT2D eigenvalue weighted by Gasteiger charge is 2.33. The predicted octanol–water partition coefficient (Wildman–Crippen LogP) is 2.26. The molecule has 17 heavy (non-hydrogen) atoms. The summed E-state index contributed by atoms with van der Waals surface area (Å²) in [5, 5.41) is 10.8. The van der Waals surface area contributed by atoms with Crippen LogP contribution in [0.2, 0.25) is 0 Å². The molecule has 3 rings (SSSR count). The SMILES string of the molecule is NC1(c2cc3ccccc3[nH]2)CCC(O)CC1. The summed E-state index contributed by atoms with van der Waals surface area (Å²) in [5.74, 6) is 0. The monoisotopic (exact) mass is 230 g/mol. The first-order valence-electron chi connectivity index (χ1n) is 6.23. The number of H-pyrrole nitrogens is 1. The van der Waals surface area contributed by atoms with Crippen molar-refractivity contribution in [3.8, 4) is 0 Å². The van der Waals surface area contributed by atoms with E-state index in [1.54, 1.807) is 0 Å². The van der Waals surface area contributed by atoms with E-state index in [9.17, 15) is 5.11 Å². The van der Waals surface area contributed by atoms with Gasteiger partial charge < -0.3 is 15.8 Å². The van der Waals surface area contributed by atoms with Crippen molar-refractivity contribution >= 4 is 10.9 Å². The average Bonchev–Trinajstić information content (AvgIpc) is 2.77. The first-order chi connectivity index (χ1) is 8.17. The van der Waals surface area contributed by atoms with Crippen molar-refractivity contribution < 1.29 is 5.11 Å². The third kappa shape index (κ3) is 1.85. The molecule has 1 aliphatic carbocycles. The number of aliphatic hydroxyl groups excluding tert-OH is 1. The van der Waals surface area contributed by atoms with E-state index in [4.69, 9.17) is 5.73 Å².